The van der Waals surface area contributed by atoms with Gasteiger partial charge in [0, 0.05) is 22.9 Å². The number of fused-ring (bicyclic) bond motifs is 1. The molecule has 2 rings (SSSR count). The lowest BCUT2D eigenvalue weighted by atomic mass is 10.4. The van der Waals surface area contributed by atoms with E-state index in [1.807, 2.05) is 0 Å². The zero-order valence-corrected chi connectivity index (χ0v) is 10.2. The SMILES string of the molecule is CC(C)n1ccc2c([SiH3])ncnc21. The van der Waals surface area contributed by atoms with Crippen molar-refractivity contribution in [2.45, 2.75) is 19.9 Å². The molecule has 0 saturated heterocycles. The zero-order chi connectivity index (χ0) is 9.42. The Balaban J connectivity index is 2.75. The summed E-state index contributed by atoms with van der Waals surface area (Å²) in [5, 5.41) is 2.40. The van der Waals surface area contributed by atoms with Gasteiger partial charge in [0.05, 0.1) is 10.2 Å². The minimum absolute atomic E-state index is 0.466. The number of nitrogens with zero attached hydrogens (tertiary/aromatic N) is 3. The highest BCUT2D eigenvalue weighted by atomic mass is 28.1. The molecule has 0 fully saturated rings. The molecule has 0 aliphatic carbocycles. The van der Waals surface area contributed by atoms with Crippen LogP contribution in [0.25, 0.3) is 11.0 Å². The smallest absolute Gasteiger partial charge is 0.143 e. The van der Waals surface area contributed by atoms with Gasteiger partial charge < -0.3 is 4.57 Å². The molecule has 2 heterocycles. The third kappa shape index (κ3) is 1.27. The summed E-state index contributed by atoms with van der Waals surface area (Å²) in [6, 6.07) is 2.57. The van der Waals surface area contributed by atoms with Gasteiger partial charge in [-0.25, -0.2) is 9.97 Å². The molecule has 68 valence electrons. The molecule has 0 amide bonds. The highest BCUT2D eigenvalue weighted by Gasteiger charge is 2.06. The predicted molar refractivity (Wildman–Crippen MR) is 57.5 cm³/mol. The third-order valence-electron chi connectivity index (χ3n) is 2.26. The van der Waals surface area contributed by atoms with Crippen molar-refractivity contribution in [3.05, 3.63) is 18.6 Å². The summed E-state index contributed by atoms with van der Waals surface area (Å²) in [7, 11) is 0.982. The van der Waals surface area contributed by atoms with E-state index in [9.17, 15) is 0 Å². The molecule has 0 saturated carbocycles. The fourth-order valence-corrected chi connectivity index (χ4v) is 2.02. The molecule has 2 aromatic heterocycles. The zero-order valence-electron chi connectivity index (χ0n) is 8.15. The average molecular weight is 191 g/mol. The maximum atomic E-state index is 4.30. The van der Waals surface area contributed by atoms with Crippen molar-refractivity contribution in [1.82, 2.24) is 14.5 Å². The minimum Gasteiger partial charge on any atom is -0.330 e. The molecule has 0 aliphatic heterocycles. The Labute approximate surface area is 80.2 Å². The third-order valence-corrected chi connectivity index (χ3v) is 3.06. The van der Waals surface area contributed by atoms with E-state index >= 15 is 0 Å². The van der Waals surface area contributed by atoms with Crippen molar-refractivity contribution in [3.8, 4) is 0 Å². The van der Waals surface area contributed by atoms with Crippen LogP contribution in [0.5, 0.6) is 0 Å². The Kier molecular flexibility index (Phi) is 1.92. The Morgan fingerprint density at radius 2 is 2.15 bits per heavy atom. The van der Waals surface area contributed by atoms with Crippen LogP contribution in [0.4, 0.5) is 0 Å². The predicted octanol–water partition coefficient (Wildman–Crippen LogP) is 0.00290. The Morgan fingerprint density at radius 1 is 1.38 bits per heavy atom. The largest absolute Gasteiger partial charge is 0.330 e. The molecule has 0 spiro atoms. The van der Waals surface area contributed by atoms with Gasteiger partial charge in [-0.2, -0.15) is 0 Å². The lowest BCUT2D eigenvalue weighted by Gasteiger charge is -2.07. The highest BCUT2D eigenvalue weighted by Crippen LogP contribution is 2.14. The van der Waals surface area contributed by atoms with Crippen molar-refractivity contribution in [2.75, 3.05) is 0 Å². The quantitative estimate of drug-likeness (QED) is 0.594. The molecular weight excluding hydrogens is 178 g/mol. The molecule has 13 heavy (non-hydrogen) atoms. The summed E-state index contributed by atoms with van der Waals surface area (Å²) in [6.45, 7) is 4.32. The number of aromatic nitrogens is 3. The topological polar surface area (TPSA) is 30.7 Å². The molecule has 4 heteroatoms. The van der Waals surface area contributed by atoms with E-state index in [2.05, 4.69) is 40.6 Å². The molecule has 0 aromatic carbocycles. The minimum atomic E-state index is 0.466. The standard InChI is InChI=1S/C9H13N3Si/c1-6(2)12-4-3-7-8(12)10-5-11-9(7)13/h3-6H,1-2,13H3. The summed E-state index contributed by atoms with van der Waals surface area (Å²) < 4.78 is 2.18. The fourth-order valence-electron chi connectivity index (χ4n) is 1.51. The molecule has 2 aromatic rings. The maximum absolute atomic E-state index is 4.30. The second kappa shape index (κ2) is 2.96. The molecule has 3 nitrogen and oxygen atoms in total. The molecule has 0 radical (unpaired) electrons. The Morgan fingerprint density at radius 3 is 2.85 bits per heavy atom. The average Bonchev–Trinajstić information content (AvgIpc) is 2.48. The van der Waals surface area contributed by atoms with Crippen LogP contribution in [0.3, 0.4) is 0 Å². The van der Waals surface area contributed by atoms with Gasteiger partial charge in [0.1, 0.15) is 12.0 Å². The number of hydrogen-bond acceptors (Lipinski definition) is 2. The first-order valence-electron chi connectivity index (χ1n) is 4.48. The van der Waals surface area contributed by atoms with E-state index in [0.29, 0.717) is 6.04 Å². The van der Waals surface area contributed by atoms with Crippen LogP contribution < -0.4 is 5.32 Å². The van der Waals surface area contributed by atoms with E-state index in [0.717, 1.165) is 15.9 Å². The summed E-state index contributed by atoms with van der Waals surface area (Å²) in [5.74, 6) is 0. The molecular formula is C9H13N3Si. The first-order chi connectivity index (χ1) is 6.20. The lowest BCUT2D eigenvalue weighted by molar-refractivity contribution is 0.618. The van der Waals surface area contributed by atoms with E-state index in [1.165, 1.54) is 10.7 Å². The van der Waals surface area contributed by atoms with Gasteiger partial charge in [0.2, 0.25) is 0 Å². The maximum Gasteiger partial charge on any atom is 0.143 e. The van der Waals surface area contributed by atoms with E-state index in [4.69, 9.17) is 0 Å². The first-order valence-corrected chi connectivity index (χ1v) is 5.48. The van der Waals surface area contributed by atoms with Crippen LogP contribution in [-0.4, -0.2) is 24.8 Å². The van der Waals surface area contributed by atoms with Crippen molar-refractivity contribution >= 4 is 26.6 Å². The second-order valence-electron chi connectivity index (χ2n) is 3.51. The van der Waals surface area contributed by atoms with E-state index in [-0.39, 0.29) is 0 Å². The van der Waals surface area contributed by atoms with Crippen LogP contribution in [-0.2, 0) is 0 Å². The first kappa shape index (κ1) is 8.44. The fraction of sp³-hybridized carbons (Fsp3) is 0.333. The van der Waals surface area contributed by atoms with Crippen molar-refractivity contribution in [3.63, 3.8) is 0 Å². The van der Waals surface area contributed by atoms with Crippen molar-refractivity contribution in [2.24, 2.45) is 0 Å². The highest BCUT2D eigenvalue weighted by molar-refractivity contribution is 6.36. The molecule has 0 atom stereocenters. The molecule has 0 unspecified atom stereocenters. The Hall–Kier alpha value is -1.16. The lowest BCUT2D eigenvalue weighted by Crippen LogP contribution is -2.10. The van der Waals surface area contributed by atoms with Gasteiger partial charge in [0.15, 0.2) is 0 Å². The van der Waals surface area contributed by atoms with E-state index in [1.54, 1.807) is 6.33 Å². The monoisotopic (exact) mass is 191 g/mol. The Bertz CT molecular complexity index is 433. The van der Waals surface area contributed by atoms with Crippen LogP contribution in [0.2, 0.25) is 0 Å². The number of rotatable bonds is 1. The normalized spacial score (nSPS) is 11.6. The van der Waals surface area contributed by atoms with Crippen LogP contribution in [0.1, 0.15) is 19.9 Å². The van der Waals surface area contributed by atoms with Gasteiger partial charge in [-0.1, -0.05) is 0 Å². The van der Waals surface area contributed by atoms with Gasteiger partial charge in [-0.15, -0.1) is 0 Å². The summed E-state index contributed by atoms with van der Waals surface area (Å²) in [5.41, 5.74) is 1.06. The van der Waals surface area contributed by atoms with Gasteiger partial charge in [0.25, 0.3) is 0 Å². The molecule has 0 N–H and O–H groups in total. The van der Waals surface area contributed by atoms with Crippen molar-refractivity contribution < 1.29 is 0 Å². The van der Waals surface area contributed by atoms with Crippen molar-refractivity contribution in [1.29, 1.82) is 0 Å². The van der Waals surface area contributed by atoms with Gasteiger partial charge in [-0.3, -0.25) is 0 Å². The molecule has 0 bridgehead atoms. The van der Waals surface area contributed by atoms with Crippen LogP contribution in [0.15, 0.2) is 18.6 Å². The molecule has 0 aliphatic rings. The summed E-state index contributed by atoms with van der Waals surface area (Å²) in [4.78, 5) is 8.51. The number of hydrogen-bond donors (Lipinski definition) is 0. The van der Waals surface area contributed by atoms with Gasteiger partial charge in [-0.05, 0) is 19.9 Å². The van der Waals surface area contributed by atoms with Gasteiger partial charge >= 0.3 is 0 Å². The van der Waals surface area contributed by atoms with E-state index < -0.39 is 0 Å². The summed E-state index contributed by atoms with van der Waals surface area (Å²) >= 11 is 0. The second-order valence-corrected chi connectivity index (χ2v) is 4.46. The van der Waals surface area contributed by atoms with Crippen LogP contribution in [0, 0.1) is 0 Å². The summed E-state index contributed by atoms with van der Waals surface area (Å²) in [6.07, 6.45) is 3.74. The van der Waals surface area contributed by atoms with Crippen LogP contribution >= 0.6 is 0 Å².